The van der Waals surface area contributed by atoms with Gasteiger partial charge in [0.2, 0.25) is 0 Å². The molecule has 1 saturated carbocycles. The molecule has 1 heterocycles. The molecule has 154 valence electrons. The van der Waals surface area contributed by atoms with E-state index >= 15 is 16.8 Å². The molecule has 1 aromatic carbocycles. The fourth-order valence-corrected chi connectivity index (χ4v) is 7.39. The van der Waals surface area contributed by atoms with E-state index in [0.717, 1.165) is 58.8 Å². The van der Waals surface area contributed by atoms with Gasteiger partial charge in [0.05, 0.1) is 0 Å². The summed E-state index contributed by atoms with van der Waals surface area (Å²) >= 11 is 0. The van der Waals surface area contributed by atoms with Crippen LogP contribution in [0.1, 0.15) is 56.9 Å². The Morgan fingerprint density at radius 3 is 2.11 bits per heavy atom. The molecule has 1 aliphatic heterocycles. The number of amidine groups is 1. The molecule has 0 spiro atoms. The van der Waals surface area contributed by atoms with Crippen LogP contribution in [0.25, 0.3) is 0 Å². The fourth-order valence-electron chi connectivity index (χ4n) is 4.83. The molecule has 0 radical (unpaired) electrons. The number of halogens is 4. The predicted octanol–water partition coefficient (Wildman–Crippen LogP) is 5.96. The second-order valence-electron chi connectivity index (χ2n) is 8.41. The van der Waals surface area contributed by atoms with Crippen LogP contribution < -0.4 is 5.30 Å². The summed E-state index contributed by atoms with van der Waals surface area (Å²) in [6.07, 6.45) is 6.69. The van der Waals surface area contributed by atoms with Crippen LogP contribution in [-0.2, 0) is 0 Å². The molecule has 0 N–H and O–H groups in total. The van der Waals surface area contributed by atoms with Gasteiger partial charge in [-0.1, -0.05) is 0 Å². The number of hydrogen-bond donors (Lipinski definition) is 0. The van der Waals surface area contributed by atoms with E-state index in [1.54, 1.807) is 0 Å². The number of rotatable bonds is 5. The molecule has 0 atom stereocenters. The predicted molar refractivity (Wildman–Crippen MR) is 106 cm³/mol. The third-order valence-electron chi connectivity index (χ3n) is 6.28. The molecule has 7 heteroatoms. The zero-order valence-corrected chi connectivity index (χ0v) is 17.4. The molecule has 27 heavy (non-hydrogen) atoms. The van der Waals surface area contributed by atoms with E-state index in [9.17, 15) is 0 Å². The molecule has 1 aromatic rings. The first kappa shape index (κ1) is 20.6. The molecule has 0 unspecified atom stereocenters. The van der Waals surface area contributed by atoms with Gasteiger partial charge in [0, 0.05) is 0 Å². The summed E-state index contributed by atoms with van der Waals surface area (Å²) in [6, 6.07) is 4.93. The minimum atomic E-state index is -8.80. The van der Waals surface area contributed by atoms with Crippen molar-refractivity contribution in [2.24, 2.45) is 5.92 Å². The summed E-state index contributed by atoms with van der Waals surface area (Å²) in [5, 5.41) is -1.13. The molecular formula is C20H31F4N2P. The van der Waals surface area contributed by atoms with Crippen molar-refractivity contribution >= 4 is 18.1 Å². The van der Waals surface area contributed by atoms with Crippen molar-refractivity contribution in [1.29, 1.82) is 0 Å². The Hall–Kier alpha value is -1.16. The van der Waals surface area contributed by atoms with Crippen LogP contribution in [0, 0.1) is 5.92 Å². The Labute approximate surface area is 159 Å². The van der Waals surface area contributed by atoms with Gasteiger partial charge in [-0.2, -0.15) is 0 Å². The zero-order valence-electron chi connectivity index (χ0n) is 16.5. The molecule has 0 aromatic heterocycles. The van der Waals surface area contributed by atoms with Crippen LogP contribution in [-0.4, -0.2) is 42.2 Å². The van der Waals surface area contributed by atoms with E-state index in [1.807, 2.05) is 0 Å². The normalized spacial score (nSPS) is 26.9. The molecule has 2 nitrogen and oxygen atoms in total. The van der Waals surface area contributed by atoms with Gasteiger partial charge >= 0.3 is 159 Å². The number of hydrogen-bond acceptors (Lipinski definition) is 1. The van der Waals surface area contributed by atoms with Gasteiger partial charge in [0.1, 0.15) is 0 Å². The first-order chi connectivity index (χ1) is 12.5. The molecular weight excluding hydrogens is 375 g/mol. The second kappa shape index (κ2) is 6.43. The van der Waals surface area contributed by atoms with Gasteiger partial charge in [0.25, 0.3) is 0 Å². The number of nitrogens with zero attached hydrogens (tertiary/aromatic N) is 2. The van der Waals surface area contributed by atoms with Gasteiger partial charge in [-0.3, -0.25) is 0 Å². The summed E-state index contributed by atoms with van der Waals surface area (Å²) in [6.45, 7) is 2.54. The van der Waals surface area contributed by atoms with Crippen molar-refractivity contribution in [3.05, 3.63) is 29.8 Å². The van der Waals surface area contributed by atoms with Crippen molar-refractivity contribution in [2.45, 2.75) is 51.4 Å². The van der Waals surface area contributed by atoms with Gasteiger partial charge in [-0.25, -0.2) is 0 Å². The summed E-state index contributed by atoms with van der Waals surface area (Å²) < 4.78 is 61.5. The standard InChI is InChI=1S/C20H31F4N2P/c1-4-5-16-6-8-17(9-7-16)18-10-12-19(13-11-18)27(21,22,23,24)20-25(2)14-15-26(20)3/h10-13,16-17H,4-9,14-15H2,1-3H3. The molecule has 0 bridgehead atoms. The van der Waals surface area contributed by atoms with Gasteiger partial charge < -0.3 is 0 Å². The molecule has 0 amide bonds. The number of benzene rings is 1. The third-order valence-corrected chi connectivity index (χ3v) is 9.11. The minimum absolute atomic E-state index is 0.178. The van der Waals surface area contributed by atoms with E-state index in [1.165, 1.54) is 39.1 Å². The van der Waals surface area contributed by atoms with E-state index in [-0.39, 0.29) is 19.0 Å². The molecule has 2 aliphatic rings. The molecule has 1 aliphatic carbocycles. The van der Waals surface area contributed by atoms with Crippen LogP contribution in [0.3, 0.4) is 0 Å². The van der Waals surface area contributed by atoms with Gasteiger partial charge in [-0.05, 0) is 0 Å². The first-order valence-electron chi connectivity index (χ1n) is 9.96. The Morgan fingerprint density at radius 1 is 1.04 bits per heavy atom. The Bertz CT molecular complexity index is 730. The monoisotopic (exact) mass is 406 g/mol. The average molecular weight is 406 g/mol. The Balaban J connectivity index is 1.86. The van der Waals surface area contributed by atoms with Crippen LogP contribution in [0.2, 0.25) is 0 Å². The van der Waals surface area contributed by atoms with Crippen molar-refractivity contribution < 1.29 is 21.4 Å². The topological polar surface area (TPSA) is 6.25 Å². The van der Waals surface area contributed by atoms with E-state index < -0.39 is 18.1 Å². The summed E-state index contributed by atoms with van der Waals surface area (Å²) in [5.74, 6) is 1.04. The average Bonchev–Trinajstić information content (AvgIpc) is 2.95. The maximum absolute atomic E-state index is 15.1. The number of likely N-dealkylation sites (N-methyl/N-ethyl adjacent to an activating group) is 2. The van der Waals surface area contributed by atoms with Crippen molar-refractivity contribution in [2.75, 3.05) is 27.2 Å². The molecule has 0 saturated heterocycles. The molecule has 1 fully saturated rings. The van der Waals surface area contributed by atoms with Crippen molar-refractivity contribution in [1.82, 2.24) is 4.90 Å². The quantitative estimate of drug-likeness (QED) is 0.332. The summed E-state index contributed by atoms with van der Waals surface area (Å²) in [4.78, 5) is 0.999. The van der Waals surface area contributed by atoms with E-state index in [4.69, 9.17) is 0 Å². The van der Waals surface area contributed by atoms with Crippen LogP contribution in [0.15, 0.2) is 24.3 Å². The van der Waals surface area contributed by atoms with Crippen molar-refractivity contribution in [3.63, 3.8) is 0 Å². The van der Waals surface area contributed by atoms with Crippen molar-refractivity contribution in [3.8, 4) is 0 Å². The second-order valence-corrected chi connectivity index (χ2v) is 11.7. The van der Waals surface area contributed by atoms with E-state index in [2.05, 4.69) is 6.92 Å². The van der Waals surface area contributed by atoms with Gasteiger partial charge in [-0.15, -0.1) is 0 Å². The van der Waals surface area contributed by atoms with Crippen LogP contribution in [0.4, 0.5) is 16.8 Å². The SMILES string of the molecule is CCCC1CCC(c2ccc([P-](F)(F)(F)(F)C3=[N+](C)CCN3C)cc2)CC1. The van der Waals surface area contributed by atoms with Gasteiger partial charge in [0.15, 0.2) is 0 Å². The van der Waals surface area contributed by atoms with E-state index in [0.29, 0.717) is 0 Å². The summed E-state index contributed by atoms with van der Waals surface area (Å²) in [7, 11) is -6.18. The van der Waals surface area contributed by atoms with Crippen LogP contribution in [0.5, 0.6) is 0 Å². The Kier molecular flexibility index (Phi) is 4.90. The fraction of sp³-hybridized carbons (Fsp3) is 0.650. The van der Waals surface area contributed by atoms with Crippen LogP contribution >= 0.6 is 7.19 Å². The molecule has 3 rings (SSSR count). The third kappa shape index (κ3) is 3.74. The Morgan fingerprint density at radius 2 is 1.63 bits per heavy atom. The summed E-state index contributed by atoms with van der Waals surface area (Å²) in [5.41, 5.74) is -0.212. The maximum atomic E-state index is 15.1. The first-order valence-corrected chi connectivity index (χ1v) is 12.2. The zero-order chi connectivity index (χ0) is 19.9.